The quantitative estimate of drug-likeness (QED) is 0.561. The van der Waals surface area contributed by atoms with Gasteiger partial charge in [0.25, 0.3) is 5.91 Å². The van der Waals surface area contributed by atoms with Gasteiger partial charge in [0, 0.05) is 16.7 Å². The molecule has 0 N–H and O–H groups in total. The molecule has 0 fully saturated rings. The van der Waals surface area contributed by atoms with Crippen LogP contribution in [0.1, 0.15) is 30.6 Å². The Morgan fingerprint density at radius 3 is 2.59 bits per heavy atom. The highest BCUT2D eigenvalue weighted by Gasteiger charge is 2.25. The predicted octanol–water partition coefficient (Wildman–Crippen LogP) is 5.47. The molecule has 29 heavy (non-hydrogen) atoms. The highest BCUT2D eigenvalue weighted by molar-refractivity contribution is 8.00. The molecule has 3 rings (SSSR count). The SMILES string of the molecule is CCOC(=O)c1cc(Cl)c(OCC(=O)N2CC[C@@H](C)Sc3ccccc32)c(Cl)c1. The Labute approximate surface area is 184 Å². The second-order valence-corrected chi connectivity index (χ2v) is 8.80. The van der Waals surface area contributed by atoms with Crippen molar-refractivity contribution < 1.29 is 19.1 Å². The number of carbonyl (C=O) groups is 2. The van der Waals surface area contributed by atoms with Crippen molar-refractivity contribution in [1.29, 1.82) is 0 Å². The number of thioether (sulfide) groups is 1. The van der Waals surface area contributed by atoms with Gasteiger partial charge >= 0.3 is 5.97 Å². The third-order valence-electron chi connectivity index (χ3n) is 4.39. The lowest BCUT2D eigenvalue weighted by Gasteiger charge is -2.23. The number of para-hydroxylation sites is 1. The van der Waals surface area contributed by atoms with Crippen molar-refractivity contribution in [3.05, 3.63) is 52.0 Å². The van der Waals surface area contributed by atoms with Crippen molar-refractivity contribution in [3.63, 3.8) is 0 Å². The molecule has 5 nitrogen and oxygen atoms in total. The van der Waals surface area contributed by atoms with Crippen LogP contribution in [-0.4, -0.2) is 36.9 Å². The van der Waals surface area contributed by atoms with Gasteiger partial charge in [0.05, 0.1) is 27.9 Å². The second kappa shape index (κ2) is 9.74. The predicted molar refractivity (Wildman–Crippen MR) is 117 cm³/mol. The van der Waals surface area contributed by atoms with E-state index >= 15 is 0 Å². The fraction of sp³-hybridized carbons (Fsp3) is 0.333. The summed E-state index contributed by atoms with van der Waals surface area (Å²) in [5.41, 5.74) is 1.11. The van der Waals surface area contributed by atoms with Crippen molar-refractivity contribution in [2.24, 2.45) is 0 Å². The molecule has 1 heterocycles. The minimum Gasteiger partial charge on any atom is -0.481 e. The maximum atomic E-state index is 12.9. The van der Waals surface area contributed by atoms with Gasteiger partial charge in [-0.1, -0.05) is 42.3 Å². The number of carbonyl (C=O) groups excluding carboxylic acids is 2. The highest BCUT2D eigenvalue weighted by atomic mass is 35.5. The van der Waals surface area contributed by atoms with Crippen LogP contribution in [0.4, 0.5) is 5.69 Å². The van der Waals surface area contributed by atoms with Gasteiger partial charge in [-0.05, 0) is 37.6 Å². The summed E-state index contributed by atoms with van der Waals surface area (Å²) in [6.07, 6.45) is 0.876. The van der Waals surface area contributed by atoms with Crippen molar-refractivity contribution in [1.82, 2.24) is 0 Å². The van der Waals surface area contributed by atoms with Crippen LogP contribution in [0.25, 0.3) is 0 Å². The van der Waals surface area contributed by atoms with E-state index in [4.69, 9.17) is 32.7 Å². The Balaban J connectivity index is 1.75. The smallest absolute Gasteiger partial charge is 0.338 e. The molecule has 0 radical (unpaired) electrons. The van der Waals surface area contributed by atoms with Gasteiger partial charge in [-0.25, -0.2) is 4.79 Å². The number of ether oxygens (including phenoxy) is 2. The van der Waals surface area contributed by atoms with Crippen LogP contribution < -0.4 is 9.64 Å². The van der Waals surface area contributed by atoms with Crippen LogP contribution in [0, 0.1) is 0 Å². The fourth-order valence-corrected chi connectivity index (χ4v) is 4.70. The topological polar surface area (TPSA) is 55.8 Å². The maximum Gasteiger partial charge on any atom is 0.338 e. The number of hydrogen-bond acceptors (Lipinski definition) is 5. The van der Waals surface area contributed by atoms with Gasteiger partial charge in [-0.2, -0.15) is 0 Å². The second-order valence-electron chi connectivity index (χ2n) is 6.51. The number of rotatable bonds is 5. The van der Waals surface area contributed by atoms with E-state index in [0.29, 0.717) is 11.8 Å². The minimum atomic E-state index is -0.522. The van der Waals surface area contributed by atoms with Gasteiger partial charge in [0.15, 0.2) is 12.4 Å². The van der Waals surface area contributed by atoms with Gasteiger partial charge < -0.3 is 14.4 Å². The lowest BCUT2D eigenvalue weighted by atomic mass is 10.2. The van der Waals surface area contributed by atoms with E-state index in [-0.39, 0.29) is 40.5 Å². The molecule has 1 aliphatic heterocycles. The molecule has 0 aromatic heterocycles. The molecule has 1 amide bonds. The van der Waals surface area contributed by atoms with Gasteiger partial charge in [0.1, 0.15) is 0 Å². The molecule has 0 aliphatic carbocycles. The number of hydrogen-bond donors (Lipinski definition) is 0. The monoisotopic (exact) mass is 453 g/mol. The lowest BCUT2D eigenvalue weighted by molar-refractivity contribution is -0.120. The van der Waals surface area contributed by atoms with Gasteiger partial charge in [-0.3, -0.25) is 4.79 Å². The number of amides is 1. The Morgan fingerprint density at radius 2 is 1.90 bits per heavy atom. The largest absolute Gasteiger partial charge is 0.481 e. The molecule has 8 heteroatoms. The molecule has 0 unspecified atom stereocenters. The van der Waals surface area contributed by atoms with E-state index in [1.54, 1.807) is 23.6 Å². The highest BCUT2D eigenvalue weighted by Crippen LogP contribution is 2.38. The first-order chi connectivity index (χ1) is 13.9. The summed E-state index contributed by atoms with van der Waals surface area (Å²) in [6.45, 7) is 4.50. The standard InChI is InChI=1S/C21H21Cl2NO4S/c1-3-27-21(26)14-10-15(22)20(16(23)11-14)28-12-19(25)24-9-8-13(2)29-18-7-5-4-6-17(18)24/h4-7,10-11,13H,3,8-9,12H2,1-2H3/t13-/m1/s1. The molecular formula is C21H21Cl2NO4S. The van der Waals surface area contributed by atoms with E-state index in [9.17, 15) is 9.59 Å². The molecule has 2 aromatic carbocycles. The normalized spacial score (nSPS) is 16.0. The molecule has 0 saturated heterocycles. The zero-order valence-electron chi connectivity index (χ0n) is 16.1. The van der Waals surface area contributed by atoms with Crippen LogP contribution in [0.15, 0.2) is 41.3 Å². The summed E-state index contributed by atoms with van der Waals surface area (Å²) in [4.78, 5) is 27.6. The molecule has 2 aromatic rings. The van der Waals surface area contributed by atoms with Crippen LogP contribution in [0.3, 0.4) is 0 Å². The summed E-state index contributed by atoms with van der Waals surface area (Å²) in [5.74, 6) is -0.541. The number of fused-ring (bicyclic) bond motifs is 1. The molecule has 0 bridgehead atoms. The maximum absolute atomic E-state index is 12.9. The number of anilines is 1. The van der Waals surface area contributed by atoms with E-state index in [1.165, 1.54) is 12.1 Å². The molecule has 0 saturated carbocycles. The molecule has 1 atom stereocenters. The van der Waals surface area contributed by atoms with Crippen molar-refractivity contribution >= 4 is 52.5 Å². The van der Waals surface area contributed by atoms with Crippen molar-refractivity contribution in [2.75, 3.05) is 24.7 Å². The van der Waals surface area contributed by atoms with Crippen LogP contribution in [0.5, 0.6) is 5.75 Å². The Morgan fingerprint density at radius 1 is 1.21 bits per heavy atom. The van der Waals surface area contributed by atoms with E-state index in [1.807, 2.05) is 24.3 Å². The molecule has 0 spiro atoms. The Hall–Kier alpha value is -1.89. The van der Waals surface area contributed by atoms with Crippen LogP contribution in [0.2, 0.25) is 10.0 Å². The van der Waals surface area contributed by atoms with Gasteiger partial charge in [-0.15, -0.1) is 11.8 Å². The fourth-order valence-electron chi connectivity index (χ4n) is 2.99. The Bertz CT molecular complexity index is 898. The number of esters is 1. The summed E-state index contributed by atoms with van der Waals surface area (Å²) in [6, 6.07) is 10.7. The molecular weight excluding hydrogens is 433 g/mol. The van der Waals surface area contributed by atoms with Crippen LogP contribution >= 0.6 is 35.0 Å². The summed E-state index contributed by atoms with van der Waals surface area (Å²) in [7, 11) is 0. The molecule has 154 valence electrons. The summed E-state index contributed by atoms with van der Waals surface area (Å²) < 4.78 is 10.6. The van der Waals surface area contributed by atoms with Gasteiger partial charge in [0.2, 0.25) is 0 Å². The zero-order valence-corrected chi connectivity index (χ0v) is 18.4. The zero-order chi connectivity index (χ0) is 21.0. The third kappa shape index (κ3) is 5.18. The number of halogens is 2. The third-order valence-corrected chi connectivity index (χ3v) is 6.19. The lowest BCUT2D eigenvalue weighted by Crippen LogP contribution is -2.36. The summed E-state index contributed by atoms with van der Waals surface area (Å²) >= 11 is 14.2. The van der Waals surface area contributed by atoms with Crippen molar-refractivity contribution in [3.8, 4) is 5.75 Å². The summed E-state index contributed by atoms with van der Waals surface area (Å²) in [5, 5.41) is 0.705. The molecule has 1 aliphatic rings. The average Bonchev–Trinajstić information content (AvgIpc) is 2.85. The van der Waals surface area contributed by atoms with Crippen LogP contribution in [-0.2, 0) is 9.53 Å². The Kier molecular flexibility index (Phi) is 7.33. The van der Waals surface area contributed by atoms with E-state index in [2.05, 4.69) is 6.92 Å². The first-order valence-electron chi connectivity index (χ1n) is 9.25. The number of benzene rings is 2. The van der Waals surface area contributed by atoms with E-state index in [0.717, 1.165) is 17.0 Å². The van der Waals surface area contributed by atoms with E-state index < -0.39 is 5.97 Å². The first-order valence-corrected chi connectivity index (χ1v) is 10.9. The first kappa shape index (κ1) is 21.8. The minimum absolute atomic E-state index is 0.147. The number of nitrogens with zero attached hydrogens (tertiary/aromatic N) is 1. The average molecular weight is 454 g/mol. The van der Waals surface area contributed by atoms with Crippen molar-refractivity contribution in [2.45, 2.75) is 30.4 Å².